The molecular formula is C26H34N2O3. The third-order valence-corrected chi connectivity index (χ3v) is 4.43. The second-order valence-electron chi connectivity index (χ2n) is 6.93. The summed E-state index contributed by atoms with van der Waals surface area (Å²) in [6.07, 6.45) is 18.0. The number of benzene rings is 1. The summed E-state index contributed by atoms with van der Waals surface area (Å²) in [5, 5.41) is 0. The second-order valence-corrected chi connectivity index (χ2v) is 6.93. The second kappa shape index (κ2) is 14.6. The summed E-state index contributed by atoms with van der Waals surface area (Å²) in [5.41, 5.74) is 9.76. The number of hydrogen-bond donors (Lipinski definition) is 1. The first-order valence-corrected chi connectivity index (χ1v) is 10.3. The van der Waals surface area contributed by atoms with Crippen molar-refractivity contribution >= 4 is 18.7 Å². The highest BCUT2D eigenvalue weighted by Gasteiger charge is 2.09. The Morgan fingerprint density at radius 3 is 2.58 bits per heavy atom. The van der Waals surface area contributed by atoms with Crippen molar-refractivity contribution in [3.8, 4) is 11.5 Å². The average molecular weight is 423 g/mol. The van der Waals surface area contributed by atoms with Crippen molar-refractivity contribution < 1.29 is 14.3 Å². The summed E-state index contributed by atoms with van der Waals surface area (Å²) in [5.74, 6) is 1.50. The molecule has 1 unspecified atom stereocenters. The van der Waals surface area contributed by atoms with E-state index in [1.54, 1.807) is 19.3 Å². The molecule has 0 bridgehead atoms. The molecular weight excluding hydrogens is 388 g/mol. The van der Waals surface area contributed by atoms with Gasteiger partial charge in [-0.2, -0.15) is 0 Å². The fourth-order valence-corrected chi connectivity index (χ4v) is 2.97. The van der Waals surface area contributed by atoms with Gasteiger partial charge < -0.3 is 15.2 Å². The van der Waals surface area contributed by atoms with E-state index >= 15 is 0 Å². The van der Waals surface area contributed by atoms with Crippen LogP contribution in [0.2, 0.25) is 0 Å². The Labute approximate surface area is 186 Å². The van der Waals surface area contributed by atoms with E-state index in [0.29, 0.717) is 12.3 Å². The van der Waals surface area contributed by atoms with Crippen LogP contribution in [0.5, 0.6) is 11.5 Å². The van der Waals surface area contributed by atoms with Crippen molar-refractivity contribution in [2.75, 3.05) is 19.5 Å². The van der Waals surface area contributed by atoms with Crippen LogP contribution in [-0.4, -0.2) is 32.8 Å². The van der Waals surface area contributed by atoms with E-state index in [0.717, 1.165) is 41.8 Å². The van der Waals surface area contributed by atoms with Gasteiger partial charge in [0, 0.05) is 11.8 Å². The molecule has 5 nitrogen and oxygen atoms in total. The molecule has 0 aliphatic heterocycles. The average Bonchev–Trinajstić information content (AvgIpc) is 2.97. The van der Waals surface area contributed by atoms with Crippen molar-refractivity contribution in [2.24, 2.45) is 4.99 Å². The lowest BCUT2D eigenvalue weighted by molar-refractivity contribution is -0.104. The topological polar surface area (TPSA) is 73.9 Å². The Kier molecular flexibility index (Phi) is 12.1. The quantitative estimate of drug-likeness (QED) is 0.185. The first-order valence-electron chi connectivity index (χ1n) is 10.3. The van der Waals surface area contributed by atoms with Crippen LogP contribution in [0.15, 0.2) is 76.9 Å². The third kappa shape index (κ3) is 8.91. The number of anilines is 1. The molecule has 166 valence electrons. The van der Waals surface area contributed by atoms with E-state index in [1.807, 2.05) is 25.1 Å². The summed E-state index contributed by atoms with van der Waals surface area (Å²) in [4.78, 5) is 14.2. The number of nitrogen functional groups attached to an aromatic ring is 1. The van der Waals surface area contributed by atoms with E-state index < -0.39 is 0 Å². The Hall–Kier alpha value is -3.34. The van der Waals surface area contributed by atoms with Crippen LogP contribution in [0.1, 0.15) is 32.3 Å². The Morgan fingerprint density at radius 1 is 1.19 bits per heavy atom. The molecule has 2 N–H and O–H groups in total. The van der Waals surface area contributed by atoms with Crippen molar-refractivity contribution in [1.29, 1.82) is 0 Å². The molecule has 1 aromatic rings. The van der Waals surface area contributed by atoms with E-state index in [-0.39, 0.29) is 6.04 Å². The molecule has 0 amide bonds. The maximum absolute atomic E-state index is 10.1. The van der Waals surface area contributed by atoms with Gasteiger partial charge in [-0.15, -0.1) is 0 Å². The molecule has 0 fully saturated rings. The number of methoxy groups -OCH3 is 1. The Bertz CT molecular complexity index is 877. The van der Waals surface area contributed by atoms with Gasteiger partial charge >= 0.3 is 0 Å². The van der Waals surface area contributed by atoms with Gasteiger partial charge in [-0.3, -0.25) is 9.79 Å². The molecule has 1 aromatic carbocycles. The van der Waals surface area contributed by atoms with Crippen LogP contribution in [0, 0.1) is 6.92 Å². The van der Waals surface area contributed by atoms with Crippen LogP contribution in [-0.2, 0) is 4.79 Å². The van der Waals surface area contributed by atoms with Crippen molar-refractivity contribution in [2.45, 2.75) is 39.7 Å². The predicted octanol–water partition coefficient (Wildman–Crippen LogP) is 5.57. The molecule has 0 saturated heterocycles. The van der Waals surface area contributed by atoms with Crippen molar-refractivity contribution in [1.82, 2.24) is 0 Å². The summed E-state index contributed by atoms with van der Waals surface area (Å²) < 4.78 is 10.8. The SMILES string of the molecule is C=NC(C=C/C=C/C=O)C1=C(C)C=CCC=C1.CCCOc1cc(N)cc(C)c1OC. The number of aliphatic imine (C=N–C) groups is 1. The number of aldehydes is 1. The van der Waals surface area contributed by atoms with Gasteiger partial charge in [-0.1, -0.05) is 49.5 Å². The summed E-state index contributed by atoms with van der Waals surface area (Å²) >= 11 is 0. The molecule has 5 heteroatoms. The highest BCUT2D eigenvalue weighted by Crippen LogP contribution is 2.33. The number of nitrogens with zero attached hydrogens (tertiary/aromatic N) is 1. The minimum Gasteiger partial charge on any atom is -0.493 e. The lowest BCUT2D eigenvalue weighted by atomic mass is 10.0. The maximum atomic E-state index is 10.1. The molecule has 1 aliphatic rings. The summed E-state index contributed by atoms with van der Waals surface area (Å²) in [6.45, 7) is 10.4. The molecule has 0 saturated carbocycles. The standard InChI is InChI=1S/C15H17NO.C11H17NO2/c1-13-9-5-3-6-10-14(13)15(16-2)11-7-4-8-12-17;1-4-5-14-10-7-9(12)6-8(2)11(10)13-3/h4-12,15H,2-3H2,1H3;6-7H,4-5,12H2,1-3H3/b8-4+,11-7?;. The molecule has 1 atom stereocenters. The van der Waals surface area contributed by atoms with E-state index in [9.17, 15) is 4.79 Å². The first kappa shape index (κ1) is 25.7. The zero-order valence-corrected chi connectivity index (χ0v) is 19.0. The predicted molar refractivity (Wildman–Crippen MR) is 131 cm³/mol. The van der Waals surface area contributed by atoms with Crippen LogP contribution in [0.3, 0.4) is 0 Å². The lowest BCUT2D eigenvalue weighted by Crippen LogP contribution is -2.04. The monoisotopic (exact) mass is 422 g/mol. The van der Waals surface area contributed by atoms with Gasteiger partial charge in [0.25, 0.3) is 0 Å². The van der Waals surface area contributed by atoms with Gasteiger partial charge in [0.05, 0.1) is 19.8 Å². The largest absolute Gasteiger partial charge is 0.493 e. The maximum Gasteiger partial charge on any atom is 0.163 e. The highest BCUT2D eigenvalue weighted by atomic mass is 16.5. The Morgan fingerprint density at radius 2 is 1.94 bits per heavy atom. The lowest BCUT2D eigenvalue weighted by Gasteiger charge is -2.13. The number of nitrogens with two attached hydrogens (primary N) is 1. The first-order chi connectivity index (χ1) is 15.0. The summed E-state index contributed by atoms with van der Waals surface area (Å²) in [7, 11) is 1.64. The zero-order valence-electron chi connectivity index (χ0n) is 19.0. The fourth-order valence-electron chi connectivity index (χ4n) is 2.97. The van der Waals surface area contributed by atoms with Crippen LogP contribution < -0.4 is 15.2 Å². The molecule has 0 spiro atoms. The van der Waals surface area contributed by atoms with E-state index in [2.05, 4.69) is 49.9 Å². The fraction of sp³-hybridized carbons (Fsp3) is 0.308. The molecule has 31 heavy (non-hydrogen) atoms. The zero-order chi connectivity index (χ0) is 23.1. The molecule has 0 aromatic heterocycles. The normalized spacial score (nSPS) is 14.2. The van der Waals surface area contributed by atoms with Gasteiger partial charge in [-0.05, 0) is 62.3 Å². The van der Waals surface area contributed by atoms with Crippen molar-refractivity contribution in [3.05, 3.63) is 77.5 Å². The van der Waals surface area contributed by atoms with Crippen molar-refractivity contribution in [3.63, 3.8) is 0 Å². The number of allylic oxidation sites excluding steroid dienone is 7. The number of ether oxygens (including phenoxy) is 2. The minimum absolute atomic E-state index is 0.0645. The summed E-state index contributed by atoms with van der Waals surface area (Å²) in [6, 6.07) is 3.60. The highest BCUT2D eigenvalue weighted by molar-refractivity contribution is 5.65. The van der Waals surface area contributed by atoms with Gasteiger partial charge in [0.1, 0.15) is 6.29 Å². The minimum atomic E-state index is -0.0645. The van der Waals surface area contributed by atoms with Crippen LogP contribution in [0.4, 0.5) is 5.69 Å². The number of carbonyl (C=O) groups is 1. The molecule has 1 aliphatic carbocycles. The van der Waals surface area contributed by atoms with Crippen LogP contribution in [0.25, 0.3) is 0 Å². The van der Waals surface area contributed by atoms with Gasteiger partial charge in [0.15, 0.2) is 11.5 Å². The molecule has 0 radical (unpaired) electrons. The number of carbonyl (C=O) groups excluding carboxylic acids is 1. The smallest absolute Gasteiger partial charge is 0.163 e. The molecule has 2 rings (SSSR count). The van der Waals surface area contributed by atoms with Crippen LogP contribution >= 0.6 is 0 Å². The van der Waals surface area contributed by atoms with E-state index in [4.69, 9.17) is 15.2 Å². The molecule has 0 heterocycles. The van der Waals surface area contributed by atoms with Gasteiger partial charge in [-0.25, -0.2) is 0 Å². The van der Waals surface area contributed by atoms with Gasteiger partial charge in [0.2, 0.25) is 0 Å². The number of rotatable bonds is 9. The van der Waals surface area contributed by atoms with E-state index in [1.165, 1.54) is 11.6 Å². The number of hydrogen-bond acceptors (Lipinski definition) is 5. The third-order valence-electron chi connectivity index (χ3n) is 4.43. The number of aryl methyl sites for hydroxylation is 1. The Balaban J connectivity index is 0.000000316.